The second-order valence-electron chi connectivity index (χ2n) is 8.74. The van der Waals surface area contributed by atoms with Crippen LogP contribution in [0.2, 0.25) is 0 Å². The number of fused-ring (bicyclic) bond motifs is 3. The Kier molecular flexibility index (Phi) is 4.80. The van der Waals surface area contributed by atoms with Crippen LogP contribution in [0.3, 0.4) is 0 Å². The van der Waals surface area contributed by atoms with Crippen molar-refractivity contribution in [2.45, 2.75) is 77.7 Å². The van der Waals surface area contributed by atoms with Crippen LogP contribution in [0.25, 0.3) is 11.3 Å². The first-order valence-electron chi connectivity index (χ1n) is 9.76. The molecule has 0 spiro atoms. The van der Waals surface area contributed by atoms with Crippen LogP contribution < -0.4 is 4.74 Å². The van der Waals surface area contributed by atoms with Crippen LogP contribution in [-0.2, 0) is 18.1 Å². The quantitative estimate of drug-likeness (QED) is 0.679. The Balaban J connectivity index is 1.98. The molecule has 0 fully saturated rings. The molecule has 3 rings (SSSR count). The van der Waals surface area contributed by atoms with E-state index in [2.05, 4.69) is 45.8 Å². The highest BCUT2D eigenvalue weighted by atomic mass is 16.5. The molecule has 2 heterocycles. The first-order chi connectivity index (χ1) is 12.2. The Hall–Kier alpha value is -1.97. The monoisotopic (exact) mass is 356 g/mol. The van der Waals surface area contributed by atoms with Crippen molar-refractivity contribution >= 4 is 0 Å². The van der Waals surface area contributed by atoms with E-state index in [4.69, 9.17) is 4.74 Å². The van der Waals surface area contributed by atoms with Gasteiger partial charge in [-0.15, -0.1) is 0 Å². The van der Waals surface area contributed by atoms with Gasteiger partial charge in [-0.1, -0.05) is 46.5 Å². The van der Waals surface area contributed by atoms with Gasteiger partial charge in [-0.2, -0.15) is 5.10 Å². The zero-order chi connectivity index (χ0) is 19.1. The van der Waals surface area contributed by atoms with Gasteiger partial charge >= 0.3 is 0 Å². The van der Waals surface area contributed by atoms with Crippen LogP contribution >= 0.6 is 0 Å². The summed E-state index contributed by atoms with van der Waals surface area (Å²) in [4.78, 5) is 0. The third-order valence-electron chi connectivity index (χ3n) is 5.60. The topological polar surface area (TPSA) is 47.3 Å². The summed E-state index contributed by atoms with van der Waals surface area (Å²) in [5, 5.41) is 15.4. The van der Waals surface area contributed by atoms with E-state index in [1.807, 2.05) is 19.3 Å². The minimum absolute atomic E-state index is 0.00184. The summed E-state index contributed by atoms with van der Waals surface area (Å²) in [6.45, 7) is 10.8. The number of aryl methyl sites for hydroxylation is 1. The molecule has 0 amide bonds. The number of hydrogen-bond acceptors (Lipinski definition) is 3. The predicted molar refractivity (Wildman–Crippen MR) is 106 cm³/mol. The molecule has 4 heteroatoms. The molecule has 1 N–H and O–H groups in total. The highest BCUT2D eigenvalue weighted by Gasteiger charge is 2.37. The Bertz CT molecular complexity index is 803. The van der Waals surface area contributed by atoms with Crippen molar-refractivity contribution in [3.05, 3.63) is 29.5 Å². The highest BCUT2D eigenvalue weighted by molar-refractivity contribution is 5.79. The van der Waals surface area contributed by atoms with Gasteiger partial charge in [0.25, 0.3) is 0 Å². The number of unbranched alkanes of at least 4 members (excludes halogenated alkanes) is 3. The SMILES string of the molecule is CCCCCCC(C)(C)c1cc(O)c2c(c1)OC(C)(C)c1cn(C)nc1-2. The van der Waals surface area contributed by atoms with Crippen LogP contribution in [0.15, 0.2) is 18.3 Å². The van der Waals surface area contributed by atoms with Gasteiger partial charge in [-0.3, -0.25) is 4.68 Å². The summed E-state index contributed by atoms with van der Waals surface area (Å²) >= 11 is 0. The van der Waals surface area contributed by atoms with Gasteiger partial charge in [-0.25, -0.2) is 0 Å². The van der Waals surface area contributed by atoms with Crippen LogP contribution in [0.1, 0.15) is 77.8 Å². The first-order valence-corrected chi connectivity index (χ1v) is 9.76. The molecule has 0 saturated heterocycles. The van der Waals surface area contributed by atoms with Gasteiger partial charge in [0, 0.05) is 18.8 Å². The van der Waals surface area contributed by atoms with Crippen molar-refractivity contribution in [3.8, 4) is 22.8 Å². The van der Waals surface area contributed by atoms with Crippen LogP contribution in [0.5, 0.6) is 11.5 Å². The number of aromatic hydroxyl groups is 1. The van der Waals surface area contributed by atoms with E-state index in [-0.39, 0.29) is 11.2 Å². The number of rotatable bonds is 6. The molecular weight excluding hydrogens is 324 g/mol. The standard InChI is InChI=1S/C22H32N2O2/c1-7-8-9-10-11-21(2,3)15-12-17(25)19-18(13-15)26-22(4,5)16-14-24(6)23-20(16)19/h12-14,25H,7-11H2,1-6H3. The number of phenolic OH excluding ortho intramolecular Hbond substituents is 1. The Morgan fingerprint density at radius 2 is 1.92 bits per heavy atom. The number of benzene rings is 1. The van der Waals surface area contributed by atoms with E-state index in [9.17, 15) is 5.11 Å². The van der Waals surface area contributed by atoms with E-state index < -0.39 is 5.60 Å². The molecule has 0 aliphatic carbocycles. The van der Waals surface area contributed by atoms with Gasteiger partial charge in [-0.05, 0) is 43.4 Å². The molecule has 4 nitrogen and oxygen atoms in total. The maximum absolute atomic E-state index is 10.8. The Labute approximate surface area is 157 Å². The maximum Gasteiger partial charge on any atom is 0.134 e. The minimum atomic E-state index is -0.465. The van der Waals surface area contributed by atoms with Crippen molar-refractivity contribution in [2.24, 2.45) is 7.05 Å². The summed E-state index contributed by atoms with van der Waals surface area (Å²) in [6, 6.07) is 4.01. The van der Waals surface area contributed by atoms with E-state index >= 15 is 0 Å². The average molecular weight is 357 g/mol. The number of ether oxygens (including phenoxy) is 1. The first kappa shape index (κ1) is 18.8. The van der Waals surface area contributed by atoms with Crippen molar-refractivity contribution in [3.63, 3.8) is 0 Å². The molecule has 0 unspecified atom stereocenters. The van der Waals surface area contributed by atoms with Gasteiger partial charge in [0.2, 0.25) is 0 Å². The number of nitrogens with zero attached hydrogens (tertiary/aromatic N) is 2. The number of phenols is 1. The largest absolute Gasteiger partial charge is 0.507 e. The van der Waals surface area contributed by atoms with Crippen molar-refractivity contribution in [1.29, 1.82) is 0 Å². The fourth-order valence-corrected chi connectivity index (χ4v) is 3.89. The Morgan fingerprint density at radius 3 is 2.62 bits per heavy atom. The van der Waals surface area contributed by atoms with Gasteiger partial charge in [0.05, 0.1) is 5.56 Å². The van der Waals surface area contributed by atoms with E-state index in [1.165, 1.54) is 25.7 Å². The van der Waals surface area contributed by atoms with Crippen molar-refractivity contribution in [2.75, 3.05) is 0 Å². The number of aromatic nitrogens is 2. The van der Waals surface area contributed by atoms with E-state index in [0.29, 0.717) is 5.56 Å². The van der Waals surface area contributed by atoms with E-state index in [1.54, 1.807) is 4.68 Å². The Morgan fingerprint density at radius 1 is 1.19 bits per heavy atom. The van der Waals surface area contributed by atoms with E-state index in [0.717, 1.165) is 29.0 Å². The van der Waals surface area contributed by atoms with Crippen LogP contribution in [-0.4, -0.2) is 14.9 Å². The molecule has 1 aromatic carbocycles. The summed E-state index contributed by atoms with van der Waals surface area (Å²) in [6.07, 6.45) is 8.07. The zero-order valence-corrected chi connectivity index (χ0v) is 17.0. The maximum atomic E-state index is 10.8. The second kappa shape index (κ2) is 6.64. The fraction of sp³-hybridized carbons (Fsp3) is 0.591. The smallest absolute Gasteiger partial charge is 0.134 e. The molecule has 142 valence electrons. The lowest BCUT2D eigenvalue weighted by Crippen LogP contribution is -2.29. The summed E-state index contributed by atoms with van der Waals surface area (Å²) in [7, 11) is 1.90. The molecule has 1 aromatic heterocycles. The van der Waals surface area contributed by atoms with Gasteiger partial charge in [0.15, 0.2) is 0 Å². The molecule has 0 saturated carbocycles. The van der Waals surface area contributed by atoms with Crippen molar-refractivity contribution in [1.82, 2.24) is 9.78 Å². The zero-order valence-electron chi connectivity index (χ0n) is 17.0. The minimum Gasteiger partial charge on any atom is -0.507 e. The molecule has 0 radical (unpaired) electrons. The number of hydrogen-bond donors (Lipinski definition) is 1. The molecule has 0 bridgehead atoms. The van der Waals surface area contributed by atoms with Crippen LogP contribution in [0, 0.1) is 0 Å². The normalized spacial score (nSPS) is 15.3. The summed E-state index contributed by atoms with van der Waals surface area (Å²) in [5.41, 5.74) is 3.20. The van der Waals surface area contributed by atoms with Crippen molar-refractivity contribution < 1.29 is 9.84 Å². The van der Waals surface area contributed by atoms with Gasteiger partial charge < -0.3 is 9.84 Å². The third-order valence-corrected chi connectivity index (χ3v) is 5.60. The lowest BCUT2D eigenvalue weighted by atomic mass is 9.78. The molecule has 2 aromatic rings. The highest BCUT2D eigenvalue weighted by Crippen LogP contribution is 2.50. The lowest BCUT2D eigenvalue weighted by Gasteiger charge is -2.34. The lowest BCUT2D eigenvalue weighted by molar-refractivity contribution is 0.105. The average Bonchev–Trinajstić information content (AvgIpc) is 2.93. The summed E-state index contributed by atoms with van der Waals surface area (Å²) in [5.74, 6) is 0.993. The molecule has 1 aliphatic rings. The third kappa shape index (κ3) is 3.34. The molecule has 1 aliphatic heterocycles. The van der Waals surface area contributed by atoms with Gasteiger partial charge in [0.1, 0.15) is 22.8 Å². The van der Waals surface area contributed by atoms with Crippen LogP contribution in [0.4, 0.5) is 0 Å². The second-order valence-corrected chi connectivity index (χ2v) is 8.74. The molecule has 0 atom stereocenters. The molecule has 26 heavy (non-hydrogen) atoms. The predicted octanol–water partition coefficient (Wildman–Crippen LogP) is 5.67. The fourth-order valence-electron chi connectivity index (χ4n) is 3.89. The molecular formula is C22H32N2O2. The summed E-state index contributed by atoms with van der Waals surface area (Å²) < 4.78 is 8.09.